The molecule has 3 aromatic carbocycles. The van der Waals surface area contributed by atoms with E-state index in [2.05, 4.69) is 22.2 Å². The summed E-state index contributed by atoms with van der Waals surface area (Å²) >= 11 is 0. The third kappa shape index (κ3) is 4.22. The molecule has 30 heavy (non-hydrogen) atoms. The van der Waals surface area contributed by atoms with Crippen LogP contribution in [0.5, 0.6) is 5.75 Å². The highest BCUT2D eigenvalue weighted by Gasteiger charge is 2.18. The van der Waals surface area contributed by atoms with E-state index in [4.69, 9.17) is 4.74 Å². The smallest absolute Gasteiger partial charge is 0.240 e. The number of rotatable bonds is 7. The molecule has 0 saturated heterocycles. The molecule has 0 saturated carbocycles. The summed E-state index contributed by atoms with van der Waals surface area (Å²) in [5.74, 6) is 0.327. The zero-order valence-electron chi connectivity index (χ0n) is 16.5. The van der Waals surface area contributed by atoms with Crippen molar-refractivity contribution in [3.05, 3.63) is 77.9 Å². The lowest BCUT2D eigenvalue weighted by molar-refractivity contribution is -0.116. The summed E-state index contributed by atoms with van der Waals surface area (Å²) in [4.78, 5) is 12.4. The minimum Gasteiger partial charge on any atom is -0.497 e. The molecule has 0 radical (unpaired) electrons. The van der Waals surface area contributed by atoms with Crippen molar-refractivity contribution >= 4 is 21.6 Å². The third-order valence-electron chi connectivity index (χ3n) is 5.09. The van der Waals surface area contributed by atoms with E-state index in [1.165, 1.54) is 41.5 Å². The highest BCUT2D eigenvalue weighted by molar-refractivity contribution is 7.89. The van der Waals surface area contributed by atoms with Crippen molar-refractivity contribution in [2.24, 2.45) is 0 Å². The normalized spacial score (nSPS) is 12.2. The molecule has 0 fully saturated rings. The number of carbonyl (C=O) groups is 1. The first-order chi connectivity index (χ1) is 14.5. The van der Waals surface area contributed by atoms with Crippen LogP contribution in [-0.2, 0) is 21.2 Å². The Hall–Kier alpha value is -3.16. The van der Waals surface area contributed by atoms with Crippen molar-refractivity contribution in [3.63, 3.8) is 0 Å². The second-order valence-electron chi connectivity index (χ2n) is 7.08. The van der Waals surface area contributed by atoms with Crippen LogP contribution in [0.25, 0.3) is 11.1 Å². The zero-order chi connectivity index (χ0) is 21.1. The van der Waals surface area contributed by atoms with Crippen LogP contribution in [0, 0.1) is 0 Å². The van der Waals surface area contributed by atoms with E-state index in [0.717, 1.165) is 6.42 Å². The second-order valence-corrected chi connectivity index (χ2v) is 8.84. The van der Waals surface area contributed by atoms with Gasteiger partial charge < -0.3 is 10.1 Å². The van der Waals surface area contributed by atoms with E-state index >= 15 is 0 Å². The third-order valence-corrected chi connectivity index (χ3v) is 6.57. The summed E-state index contributed by atoms with van der Waals surface area (Å²) in [6.45, 7) is 0.0105. The Morgan fingerprint density at radius 3 is 2.47 bits per heavy atom. The maximum atomic E-state index is 12.3. The van der Waals surface area contributed by atoms with Gasteiger partial charge in [0.15, 0.2) is 0 Å². The van der Waals surface area contributed by atoms with Crippen molar-refractivity contribution in [2.75, 3.05) is 19.0 Å². The van der Waals surface area contributed by atoms with Crippen LogP contribution in [-0.4, -0.2) is 28.0 Å². The van der Waals surface area contributed by atoms with Crippen LogP contribution in [0.2, 0.25) is 0 Å². The molecule has 1 aliphatic carbocycles. The fraction of sp³-hybridized carbons (Fsp3) is 0.174. The van der Waals surface area contributed by atoms with Gasteiger partial charge in [0.05, 0.1) is 12.0 Å². The fourth-order valence-corrected chi connectivity index (χ4v) is 4.62. The van der Waals surface area contributed by atoms with Gasteiger partial charge in [-0.3, -0.25) is 4.79 Å². The summed E-state index contributed by atoms with van der Waals surface area (Å²) in [7, 11) is -2.16. The van der Waals surface area contributed by atoms with Crippen molar-refractivity contribution < 1.29 is 17.9 Å². The predicted molar refractivity (Wildman–Crippen MR) is 116 cm³/mol. The molecule has 0 heterocycles. The van der Waals surface area contributed by atoms with Gasteiger partial charge in [-0.2, -0.15) is 0 Å². The van der Waals surface area contributed by atoms with Crippen molar-refractivity contribution in [1.82, 2.24) is 4.72 Å². The van der Waals surface area contributed by atoms with Crippen molar-refractivity contribution in [2.45, 2.75) is 17.7 Å². The van der Waals surface area contributed by atoms with E-state index in [1.54, 1.807) is 12.1 Å². The van der Waals surface area contributed by atoms with E-state index in [0.29, 0.717) is 11.4 Å². The molecule has 6 nitrogen and oxygen atoms in total. The van der Waals surface area contributed by atoms with E-state index in [1.807, 2.05) is 30.3 Å². The Morgan fingerprint density at radius 2 is 1.70 bits per heavy atom. The second kappa shape index (κ2) is 8.30. The SMILES string of the molecule is COc1ccc(S(=O)(=O)NCCC(=O)Nc2ccc3c(c2)Cc2ccccc2-3)cc1. The summed E-state index contributed by atoms with van der Waals surface area (Å²) in [5, 5.41) is 2.85. The quantitative estimate of drug-likeness (QED) is 0.477. The Kier molecular flexibility index (Phi) is 5.57. The number of methoxy groups -OCH3 is 1. The van der Waals surface area contributed by atoms with Gasteiger partial charge in [0.1, 0.15) is 5.75 Å². The zero-order valence-corrected chi connectivity index (χ0v) is 17.3. The van der Waals surface area contributed by atoms with E-state index in [9.17, 15) is 13.2 Å². The molecule has 0 unspecified atom stereocenters. The standard InChI is InChI=1S/C23H22N2O4S/c1-29-19-7-9-20(10-8-19)30(27,28)24-13-12-23(26)25-18-6-11-22-17(15-18)14-16-4-2-3-5-21(16)22/h2-11,15,24H,12-14H2,1H3,(H,25,26). The van der Waals surface area contributed by atoms with Gasteiger partial charge in [0.2, 0.25) is 15.9 Å². The van der Waals surface area contributed by atoms with Gasteiger partial charge in [-0.25, -0.2) is 13.1 Å². The number of carbonyl (C=O) groups excluding carboxylic acids is 1. The van der Waals surface area contributed by atoms with Gasteiger partial charge in [-0.15, -0.1) is 0 Å². The van der Waals surface area contributed by atoms with E-state index < -0.39 is 10.0 Å². The number of nitrogens with one attached hydrogen (secondary N) is 2. The molecule has 2 N–H and O–H groups in total. The Bertz CT molecular complexity index is 1190. The van der Waals surface area contributed by atoms with Crippen LogP contribution < -0.4 is 14.8 Å². The molecular formula is C23H22N2O4S. The maximum absolute atomic E-state index is 12.3. The molecule has 0 spiro atoms. The first kappa shape index (κ1) is 20.1. The average molecular weight is 423 g/mol. The number of fused-ring (bicyclic) bond motifs is 3. The molecule has 1 amide bonds. The van der Waals surface area contributed by atoms with Crippen LogP contribution in [0.3, 0.4) is 0 Å². The first-order valence-corrected chi connectivity index (χ1v) is 11.1. The number of hydrogen-bond acceptors (Lipinski definition) is 4. The van der Waals surface area contributed by atoms with Crippen LogP contribution in [0.15, 0.2) is 71.6 Å². The average Bonchev–Trinajstić information content (AvgIpc) is 3.11. The van der Waals surface area contributed by atoms with Gasteiger partial charge in [0, 0.05) is 18.7 Å². The number of anilines is 1. The minimum absolute atomic E-state index is 0.0105. The highest BCUT2D eigenvalue weighted by atomic mass is 32.2. The lowest BCUT2D eigenvalue weighted by Crippen LogP contribution is -2.27. The van der Waals surface area contributed by atoms with Crippen LogP contribution in [0.1, 0.15) is 17.5 Å². The summed E-state index contributed by atoms with van der Waals surface area (Å²) in [6, 6.07) is 20.2. The fourth-order valence-electron chi connectivity index (χ4n) is 3.58. The molecule has 0 aliphatic heterocycles. The minimum atomic E-state index is -3.68. The maximum Gasteiger partial charge on any atom is 0.240 e. The summed E-state index contributed by atoms with van der Waals surface area (Å²) < 4.78 is 32.1. The lowest BCUT2D eigenvalue weighted by atomic mass is 10.1. The van der Waals surface area contributed by atoms with Gasteiger partial charge in [0.25, 0.3) is 0 Å². The van der Waals surface area contributed by atoms with Crippen LogP contribution >= 0.6 is 0 Å². The topological polar surface area (TPSA) is 84.5 Å². The molecule has 0 atom stereocenters. The van der Waals surface area contributed by atoms with E-state index in [-0.39, 0.29) is 23.8 Å². The lowest BCUT2D eigenvalue weighted by Gasteiger charge is -2.09. The van der Waals surface area contributed by atoms with Crippen LogP contribution in [0.4, 0.5) is 5.69 Å². The van der Waals surface area contributed by atoms with Crippen molar-refractivity contribution in [3.8, 4) is 16.9 Å². The first-order valence-electron chi connectivity index (χ1n) is 9.61. The number of hydrogen-bond donors (Lipinski definition) is 2. The largest absolute Gasteiger partial charge is 0.497 e. The summed E-state index contributed by atoms with van der Waals surface area (Å²) in [5.41, 5.74) is 5.59. The molecule has 1 aliphatic rings. The molecule has 4 rings (SSSR count). The Balaban J connectivity index is 1.33. The van der Waals surface area contributed by atoms with Crippen molar-refractivity contribution in [1.29, 1.82) is 0 Å². The van der Waals surface area contributed by atoms with Gasteiger partial charge in [-0.1, -0.05) is 30.3 Å². The summed E-state index contributed by atoms with van der Waals surface area (Å²) in [6.07, 6.45) is 0.879. The highest BCUT2D eigenvalue weighted by Crippen LogP contribution is 2.37. The molecular weight excluding hydrogens is 400 g/mol. The number of ether oxygens (including phenoxy) is 1. The molecule has 154 valence electrons. The number of sulfonamides is 1. The number of amides is 1. The predicted octanol–water partition coefficient (Wildman–Crippen LogP) is 3.57. The van der Waals surface area contributed by atoms with Gasteiger partial charge >= 0.3 is 0 Å². The van der Waals surface area contributed by atoms with Gasteiger partial charge in [-0.05, 0) is 65.1 Å². The molecule has 0 bridgehead atoms. The molecule has 7 heteroatoms. The monoisotopic (exact) mass is 422 g/mol. The molecule has 0 aromatic heterocycles. The number of benzene rings is 3. The Labute approximate surface area is 176 Å². The molecule has 3 aromatic rings. The Morgan fingerprint density at radius 1 is 0.967 bits per heavy atom.